The van der Waals surface area contributed by atoms with Crippen LogP contribution in [0.15, 0.2) is 48.5 Å². The molecule has 0 radical (unpaired) electrons. The number of carboxylic acid groups (broad SMARTS) is 1. The summed E-state index contributed by atoms with van der Waals surface area (Å²) in [6.45, 7) is 2.51. The van der Waals surface area contributed by atoms with E-state index >= 15 is 0 Å². The molecule has 8 heteroatoms. The van der Waals surface area contributed by atoms with Crippen LogP contribution in [0, 0.1) is 5.92 Å². The predicted molar refractivity (Wildman–Crippen MR) is 123 cm³/mol. The van der Waals surface area contributed by atoms with Crippen LogP contribution in [0.5, 0.6) is 0 Å². The zero-order chi connectivity index (χ0) is 23.8. The average Bonchev–Trinajstić information content (AvgIpc) is 3.14. The summed E-state index contributed by atoms with van der Waals surface area (Å²) in [6, 6.07) is 16.2. The van der Waals surface area contributed by atoms with E-state index in [1.54, 1.807) is 0 Å². The van der Waals surface area contributed by atoms with Crippen LogP contribution in [0.3, 0.4) is 0 Å². The number of rotatable bonds is 11. The lowest BCUT2D eigenvalue weighted by atomic mass is 9.98. The number of aliphatic carboxylic acids is 1. The molecule has 1 aliphatic carbocycles. The molecule has 2 amide bonds. The van der Waals surface area contributed by atoms with Crippen LogP contribution < -0.4 is 10.6 Å². The van der Waals surface area contributed by atoms with Crippen molar-refractivity contribution in [2.24, 2.45) is 5.92 Å². The summed E-state index contributed by atoms with van der Waals surface area (Å²) in [6.07, 6.45) is -1.23. The minimum Gasteiger partial charge on any atom is -0.479 e. The van der Waals surface area contributed by atoms with Gasteiger partial charge in [0.2, 0.25) is 5.91 Å². The van der Waals surface area contributed by atoms with Crippen molar-refractivity contribution in [2.45, 2.75) is 38.2 Å². The van der Waals surface area contributed by atoms with Gasteiger partial charge >= 0.3 is 12.1 Å². The van der Waals surface area contributed by atoms with Gasteiger partial charge in [0.05, 0.1) is 0 Å². The molecule has 2 atom stereocenters. The summed E-state index contributed by atoms with van der Waals surface area (Å²) < 4.78 is 5.52. The number of amides is 2. The third-order valence-electron chi connectivity index (χ3n) is 5.96. The van der Waals surface area contributed by atoms with E-state index in [-0.39, 0.29) is 43.7 Å². The van der Waals surface area contributed by atoms with E-state index in [2.05, 4.69) is 34.9 Å². The van der Waals surface area contributed by atoms with Crippen molar-refractivity contribution in [1.29, 1.82) is 0 Å². The van der Waals surface area contributed by atoms with E-state index in [4.69, 9.17) is 9.84 Å². The van der Waals surface area contributed by atoms with Crippen LogP contribution in [0.1, 0.15) is 43.2 Å². The Morgan fingerprint density at radius 1 is 1.00 bits per heavy atom. The minimum atomic E-state index is -1.50. The molecule has 0 saturated heterocycles. The number of alkyl carbamates (subject to hydrolysis) is 1. The van der Waals surface area contributed by atoms with Crippen LogP contribution >= 0.6 is 0 Å². The van der Waals surface area contributed by atoms with Crippen LogP contribution in [-0.4, -0.2) is 54.0 Å². The Bertz CT molecular complexity index is 947. The molecule has 3 rings (SSSR count). The first kappa shape index (κ1) is 24.3. The lowest BCUT2D eigenvalue weighted by molar-refractivity contribution is -0.147. The third-order valence-corrected chi connectivity index (χ3v) is 5.96. The van der Waals surface area contributed by atoms with Gasteiger partial charge in [0.1, 0.15) is 6.61 Å². The number of fused-ring (bicyclic) bond motifs is 3. The summed E-state index contributed by atoms with van der Waals surface area (Å²) in [5.74, 6) is -1.68. The van der Waals surface area contributed by atoms with Crippen molar-refractivity contribution >= 4 is 18.0 Å². The highest BCUT2D eigenvalue weighted by Gasteiger charge is 2.29. The van der Waals surface area contributed by atoms with Gasteiger partial charge in [-0.25, -0.2) is 9.59 Å². The van der Waals surface area contributed by atoms with Gasteiger partial charge in [-0.05, 0) is 28.2 Å². The standard InChI is InChI=1S/C25H30N2O6/c1-2-16(13-23(29)26-12-11-22(28)24(30)31)14-27-25(32)33-15-21-19-9-5-3-7-17(19)18-8-4-6-10-20(18)21/h3-10,16,21-22,28H,2,11-15H2,1H3,(H,26,29)(H,27,32)(H,30,31)/t16?,22-/m0/s1. The van der Waals surface area contributed by atoms with Crippen molar-refractivity contribution < 1.29 is 29.3 Å². The topological polar surface area (TPSA) is 125 Å². The fraction of sp³-hybridized carbons (Fsp3) is 0.400. The molecule has 0 spiro atoms. The average molecular weight is 455 g/mol. The van der Waals surface area contributed by atoms with Gasteiger partial charge in [-0.15, -0.1) is 0 Å². The number of carboxylic acids is 1. The lowest BCUT2D eigenvalue weighted by Crippen LogP contribution is -2.35. The number of aliphatic hydroxyl groups is 1. The number of carbonyl (C=O) groups is 3. The van der Waals surface area contributed by atoms with Gasteiger partial charge in [0.25, 0.3) is 0 Å². The van der Waals surface area contributed by atoms with Crippen molar-refractivity contribution in [3.05, 3.63) is 59.7 Å². The van der Waals surface area contributed by atoms with Crippen LogP contribution in [0.25, 0.3) is 11.1 Å². The minimum absolute atomic E-state index is 0.0166. The second kappa shape index (κ2) is 11.5. The molecule has 0 aromatic heterocycles. The summed E-state index contributed by atoms with van der Waals surface area (Å²) >= 11 is 0. The maximum atomic E-state index is 12.3. The van der Waals surface area contributed by atoms with Crippen molar-refractivity contribution in [1.82, 2.24) is 10.6 Å². The molecular formula is C25H30N2O6. The van der Waals surface area contributed by atoms with Crippen molar-refractivity contribution in [3.63, 3.8) is 0 Å². The number of nitrogens with one attached hydrogen (secondary N) is 2. The fourth-order valence-corrected chi connectivity index (χ4v) is 4.04. The third kappa shape index (κ3) is 6.32. The summed E-state index contributed by atoms with van der Waals surface area (Å²) in [4.78, 5) is 35.0. The number of carbonyl (C=O) groups excluding carboxylic acids is 2. The van der Waals surface area contributed by atoms with E-state index in [0.29, 0.717) is 13.0 Å². The Morgan fingerprint density at radius 2 is 1.61 bits per heavy atom. The molecule has 0 fully saturated rings. The smallest absolute Gasteiger partial charge is 0.407 e. The van der Waals surface area contributed by atoms with Crippen LogP contribution in [0.4, 0.5) is 4.79 Å². The number of hydrogen-bond donors (Lipinski definition) is 4. The van der Waals surface area contributed by atoms with Gasteiger partial charge in [0.15, 0.2) is 6.10 Å². The Hall–Kier alpha value is -3.39. The van der Waals surface area contributed by atoms with Crippen LogP contribution in [0.2, 0.25) is 0 Å². The zero-order valence-corrected chi connectivity index (χ0v) is 18.6. The molecule has 1 aliphatic rings. The highest BCUT2D eigenvalue weighted by molar-refractivity contribution is 5.79. The number of aliphatic hydroxyl groups excluding tert-OH is 1. The molecule has 0 aliphatic heterocycles. The SMILES string of the molecule is CCC(CNC(=O)OCC1c2ccccc2-c2ccccc21)CC(=O)NCC[C@H](O)C(=O)O. The Morgan fingerprint density at radius 3 is 2.18 bits per heavy atom. The molecular weight excluding hydrogens is 424 g/mol. The van der Waals surface area contributed by atoms with E-state index in [1.807, 2.05) is 31.2 Å². The quantitative estimate of drug-likeness (QED) is 0.414. The molecule has 0 heterocycles. The highest BCUT2D eigenvalue weighted by Crippen LogP contribution is 2.44. The summed E-state index contributed by atoms with van der Waals surface area (Å²) in [5, 5.41) is 23.2. The van der Waals surface area contributed by atoms with Gasteiger partial charge < -0.3 is 25.6 Å². The van der Waals surface area contributed by atoms with E-state index in [1.165, 1.54) is 0 Å². The van der Waals surface area contributed by atoms with E-state index in [0.717, 1.165) is 22.3 Å². The van der Waals surface area contributed by atoms with Gasteiger partial charge in [-0.2, -0.15) is 0 Å². The van der Waals surface area contributed by atoms with Crippen molar-refractivity contribution in [3.8, 4) is 11.1 Å². The lowest BCUT2D eigenvalue weighted by Gasteiger charge is -2.17. The predicted octanol–water partition coefficient (Wildman–Crippen LogP) is 2.89. The fourth-order valence-electron chi connectivity index (χ4n) is 4.04. The first-order valence-electron chi connectivity index (χ1n) is 11.2. The molecule has 0 saturated carbocycles. The Labute approximate surface area is 193 Å². The highest BCUT2D eigenvalue weighted by atomic mass is 16.5. The largest absolute Gasteiger partial charge is 0.479 e. The zero-order valence-electron chi connectivity index (χ0n) is 18.6. The summed E-state index contributed by atoms with van der Waals surface area (Å²) in [5.41, 5.74) is 4.61. The molecule has 0 bridgehead atoms. The van der Waals surface area contributed by atoms with Crippen LogP contribution in [-0.2, 0) is 14.3 Å². The molecule has 8 nitrogen and oxygen atoms in total. The molecule has 33 heavy (non-hydrogen) atoms. The maximum Gasteiger partial charge on any atom is 0.407 e. The first-order valence-corrected chi connectivity index (χ1v) is 11.2. The Balaban J connectivity index is 1.44. The molecule has 176 valence electrons. The molecule has 4 N–H and O–H groups in total. The molecule has 2 aromatic carbocycles. The molecule has 2 aromatic rings. The normalized spacial score (nSPS) is 14.0. The van der Waals surface area contributed by atoms with Gasteiger partial charge in [-0.3, -0.25) is 4.79 Å². The maximum absolute atomic E-state index is 12.3. The van der Waals surface area contributed by atoms with Crippen molar-refractivity contribution in [2.75, 3.05) is 19.7 Å². The van der Waals surface area contributed by atoms with Gasteiger partial charge in [0, 0.05) is 31.8 Å². The second-order valence-electron chi connectivity index (χ2n) is 8.18. The Kier molecular flexibility index (Phi) is 8.43. The first-order chi connectivity index (χ1) is 15.9. The number of hydrogen-bond acceptors (Lipinski definition) is 5. The number of benzene rings is 2. The second-order valence-corrected chi connectivity index (χ2v) is 8.18. The monoisotopic (exact) mass is 454 g/mol. The summed E-state index contributed by atoms with van der Waals surface area (Å²) in [7, 11) is 0. The van der Waals surface area contributed by atoms with E-state index in [9.17, 15) is 19.5 Å². The molecule has 1 unspecified atom stereocenters. The van der Waals surface area contributed by atoms with E-state index < -0.39 is 18.2 Å². The van der Waals surface area contributed by atoms with Gasteiger partial charge in [-0.1, -0.05) is 61.9 Å². The number of ether oxygens (including phenoxy) is 1.